The third kappa shape index (κ3) is 3.85. The molecule has 1 aliphatic heterocycles. The Kier molecular flexibility index (Phi) is 4.79. The standard InChI is InChI=1S/C16H25NO5S/c1-6-9-21-14-15(2,3)12-10-11(7-8-13(12)22-14)16(4,5)17-23(18,19)20/h7-8,10,14,17H,6,9H2,1-5H3,(H,18,19,20). The van der Waals surface area contributed by atoms with E-state index in [4.69, 9.17) is 14.0 Å². The van der Waals surface area contributed by atoms with E-state index in [-0.39, 0.29) is 11.7 Å². The van der Waals surface area contributed by atoms with Gasteiger partial charge in [-0.25, -0.2) is 0 Å². The van der Waals surface area contributed by atoms with Crippen LogP contribution in [0.1, 0.15) is 52.2 Å². The number of hydrogen-bond donors (Lipinski definition) is 2. The van der Waals surface area contributed by atoms with Crippen molar-refractivity contribution < 1.29 is 22.4 Å². The highest BCUT2D eigenvalue weighted by Gasteiger charge is 2.43. The maximum absolute atomic E-state index is 11.2. The molecule has 0 aromatic heterocycles. The van der Waals surface area contributed by atoms with E-state index in [1.54, 1.807) is 19.9 Å². The molecule has 0 saturated heterocycles. The van der Waals surface area contributed by atoms with Crippen LogP contribution in [0.15, 0.2) is 18.2 Å². The van der Waals surface area contributed by atoms with E-state index >= 15 is 0 Å². The summed E-state index contributed by atoms with van der Waals surface area (Å²) in [5, 5.41) is 0. The van der Waals surface area contributed by atoms with E-state index in [2.05, 4.69) is 4.72 Å². The van der Waals surface area contributed by atoms with Crippen LogP contribution in [-0.2, 0) is 26.0 Å². The van der Waals surface area contributed by atoms with E-state index in [1.165, 1.54) is 0 Å². The molecule has 0 bridgehead atoms. The Bertz CT molecular complexity index is 682. The van der Waals surface area contributed by atoms with Gasteiger partial charge < -0.3 is 9.47 Å². The second-order valence-corrected chi connectivity index (χ2v) is 8.11. The third-order valence-corrected chi connectivity index (χ3v) is 4.84. The lowest BCUT2D eigenvalue weighted by molar-refractivity contribution is -0.102. The monoisotopic (exact) mass is 343 g/mol. The molecule has 0 saturated carbocycles. The largest absolute Gasteiger partial charge is 0.464 e. The summed E-state index contributed by atoms with van der Waals surface area (Å²) in [7, 11) is -4.30. The number of hydrogen-bond acceptors (Lipinski definition) is 4. The average molecular weight is 343 g/mol. The first kappa shape index (κ1) is 18.2. The number of rotatable bonds is 6. The van der Waals surface area contributed by atoms with Gasteiger partial charge in [-0.15, -0.1) is 0 Å². The smallest absolute Gasteiger partial charge is 0.334 e. The van der Waals surface area contributed by atoms with Gasteiger partial charge in [0, 0.05) is 5.56 Å². The van der Waals surface area contributed by atoms with Crippen LogP contribution < -0.4 is 9.46 Å². The zero-order valence-electron chi connectivity index (χ0n) is 14.2. The molecule has 130 valence electrons. The van der Waals surface area contributed by atoms with Gasteiger partial charge in [-0.1, -0.05) is 13.0 Å². The van der Waals surface area contributed by atoms with E-state index in [0.29, 0.717) is 6.61 Å². The van der Waals surface area contributed by atoms with Crippen molar-refractivity contribution in [3.63, 3.8) is 0 Å². The second kappa shape index (κ2) is 6.05. The van der Waals surface area contributed by atoms with Crippen molar-refractivity contribution in [2.45, 2.75) is 58.3 Å². The van der Waals surface area contributed by atoms with Crippen LogP contribution in [0.3, 0.4) is 0 Å². The molecule has 0 aliphatic carbocycles. The molecule has 0 fully saturated rings. The highest BCUT2D eigenvalue weighted by atomic mass is 32.2. The van der Waals surface area contributed by atoms with Gasteiger partial charge in [-0.3, -0.25) is 4.55 Å². The molecule has 0 amide bonds. The van der Waals surface area contributed by atoms with Gasteiger partial charge in [0.2, 0.25) is 6.29 Å². The zero-order chi connectivity index (χ0) is 17.5. The summed E-state index contributed by atoms with van der Waals surface area (Å²) in [4.78, 5) is 0. The molecule has 2 N–H and O–H groups in total. The minimum atomic E-state index is -4.30. The van der Waals surface area contributed by atoms with Crippen molar-refractivity contribution >= 4 is 10.3 Å². The Labute approximate surface area is 138 Å². The first-order valence-corrected chi connectivity index (χ1v) is 9.11. The minimum absolute atomic E-state index is 0.352. The number of benzene rings is 1. The summed E-state index contributed by atoms with van der Waals surface area (Å²) in [5.41, 5.74) is 0.401. The predicted octanol–water partition coefficient (Wildman–Crippen LogP) is 2.74. The van der Waals surface area contributed by atoms with Crippen LogP contribution in [-0.4, -0.2) is 25.9 Å². The number of fused-ring (bicyclic) bond motifs is 1. The van der Waals surface area contributed by atoms with Crippen LogP contribution in [0.5, 0.6) is 5.75 Å². The molecule has 2 rings (SSSR count). The zero-order valence-corrected chi connectivity index (χ0v) is 15.0. The SMILES string of the molecule is CCCOC1Oc2ccc(C(C)(C)NS(=O)(=O)O)cc2C1(C)C. The Morgan fingerprint density at radius 3 is 2.61 bits per heavy atom. The van der Waals surface area contributed by atoms with Gasteiger partial charge in [0.05, 0.1) is 17.6 Å². The van der Waals surface area contributed by atoms with E-state index in [0.717, 1.165) is 23.3 Å². The number of ether oxygens (including phenoxy) is 2. The summed E-state index contributed by atoms with van der Waals surface area (Å²) in [5.74, 6) is 0.738. The van der Waals surface area contributed by atoms with Crippen LogP contribution >= 0.6 is 0 Å². The van der Waals surface area contributed by atoms with E-state index in [9.17, 15) is 8.42 Å². The normalized spacial score (nSPS) is 20.2. The van der Waals surface area contributed by atoms with Crippen LogP contribution in [0.4, 0.5) is 0 Å². The minimum Gasteiger partial charge on any atom is -0.464 e. The Balaban J connectivity index is 2.35. The number of nitrogens with one attached hydrogen (secondary N) is 1. The van der Waals surface area contributed by atoms with Gasteiger partial charge in [0.1, 0.15) is 5.75 Å². The van der Waals surface area contributed by atoms with Crippen molar-refractivity contribution in [2.75, 3.05) is 6.61 Å². The fourth-order valence-corrected chi connectivity index (χ4v) is 3.53. The lowest BCUT2D eigenvalue weighted by Gasteiger charge is -2.28. The van der Waals surface area contributed by atoms with Gasteiger partial charge >= 0.3 is 10.3 Å². The van der Waals surface area contributed by atoms with Crippen molar-refractivity contribution in [3.05, 3.63) is 29.3 Å². The Morgan fingerprint density at radius 1 is 1.39 bits per heavy atom. The highest BCUT2D eigenvalue weighted by molar-refractivity contribution is 7.83. The highest BCUT2D eigenvalue weighted by Crippen LogP contribution is 2.44. The Hall–Kier alpha value is -1.15. The molecule has 0 spiro atoms. The molecular weight excluding hydrogens is 318 g/mol. The second-order valence-electron chi connectivity index (χ2n) is 6.96. The van der Waals surface area contributed by atoms with Crippen LogP contribution in [0.2, 0.25) is 0 Å². The molecule has 0 radical (unpaired) electrons. The van der Waals surface area contributed by atoms with Crippen LogP contribution in [0, 0.1) is 0 Å². The van der Waals surface area contributed by atoms with Gasteiger partial charge in [0.15, 0.2) is 0 Å². The van der Waals surface area contributed by atoms with E-state index in [1.807, 2.05) is 32.9 Å². The molecular formula is C16H25NO5S. The van der Waals surface area contributed by atoms with Gasteiger partial charge in [-0.2, -0.15) is 13.1 Å². The molecule has 6 nitrogen and oxygen atoms in total. The summed E-state index contributed by atoms with van der Waals surface area (Å²) in [6, 6.07) is 5.51. The fourth-order valence-electron chi connectivity index (χ4n) is 2.76. The average Bonchev–Trinajstić information content (AvgIpc) is 2.64. The van der Waals surface area contributed by atoms with E-state index < -0.39 is 15.8 Å². The Morgan fingerprint density at radius 2 is 2.04 bits per heavy atom. The molecule has 1 aromatic rings. The molecule has 7 heteroatoms. The molecule has 1 unspecified atom stereocenters. The molecule has 23 heavy (non-hydrogen) atoms. The maximum atomic E-state index is 11.2. The molecule has 1 aliphatic rings. The van der Waals surface area contributed by atoms with Crippen LogP contribution in [0.25, 0.3) is 0 Å². The molecule has 1 aromatic carbocycles. The summed E-state index contributed by atoms with van der Waals surface area (Å²) < 4.78 is 45.3. The van der Waals surface area contributed by atoms with Crippen molar-refractivity contribution in [1.29, 1.82) is 0 Å². The molecule has 1 heterocycles. The summed E-state index contributed by atoms with van der Waals surface area (Å²) in [6.45, 7) is 10.1. The van der Waals surface area contributed by atoms with Gasteiger partial charge in [-0.05, 0) is 51.8 Å². The lowest BCUT2D eigenvalue weighted by Crippen LogP contribution is -2.40. The predicted molar refractivity (Wildman–Crippen MR) is 87.8 cm³/mol. The first-order valence-electron chi connectivity index (χ1n) is 7.67. The molecule has 1 atom stereocenters. The maximum Gasteiger partial charge on any atom is 0.334 e. The quantitative estimate of drug-likeness (QED) is 0.776. The summed E-state index contributed by atoms with van der Waals surface area (Å²) in [6.07, 6.45) is 0.536. The first-order chi connectivity index (χ1) is 10.5. The van der Waals surface area contributed by atoms with Crippen molar-refractivity contribution in [3.8, 4) is 5.75 Å². The summed E-state index contributed by atoms with van der Waals surface area (Å²) >= 11 is 0. The van der Waals surface area contributed by atoms with Crippen molar-refractivity contribution in [2.24, 2.45) is 0 Å². The topological polar surface area (TPSA) is 84.9 Å². The fraction of sp³-hybridized carbons (Fsp3) is 0.625. The van der Waals surface area contributed by atoms with Gasteiger partial charge in [0.25, 0.3) is 0 Å². The lowest BCUT2D eigenvalue weighted by atomic mass is 9.82. The third-order valence-electron chi connectivity index (χ3n) is 4.08. The van der Waals surface area contributed by atoms with Crippen molar-refractivity contribution in [1.82, 2.24) is 4.72 Å².